The van der Waals surface area contributed by atoms with E-state index in [0.717, 1.165) is 24.8 Å². The third-order valence-corrected chi connectivity index (χ3v) is 6.50. The molecule has 7 heteroatoms. The summed E-state index contributed by atoms with van der Waals surface area (Å²) < 4.78 is 5.19. The minimum atomic E-state index is -0.365. The lowest BCUT2D eigenvalue weighted by Gasteiger charge is -2.33. The number of carbonyl (C=O) groups excluding carboxylic acids is 2. The number of nitriles is 1. The summed E-state index contributed by atoms with van der Waals surface area (Å²) in [6, 6.07) is 11.8. The first-order valence-corrected chi connectivity index (χ1v) is 11.7. The zero-order valence-corrected chi connectivity index (χ0v) is 19.0. The molecule has 1 atom stereocenters. The predicted octanol–water partition coefficient (Wildman–Crippen LogP) is 3.59. The Hall–Kier alpha value is -3.53. The van der Waals surface area contributed by atoms with Gasteiger partial charge in [0.15, 0.2) is 5.76 Å². The molecule has 1 unspecified atom stereocenters. The molecule has 0 saturated carbocycles. The number of hydrogen-bond donors (Lipinski definition) is 1. The average Bonchev–Trinajstić information content (AvgIpc) is 3.40. The number of rotatable bonds is 6. The van der Waals surface area contributed by atoms with Gasteiger partial charge in [0.2, 0.25) is 0 Å². The van der Waals surface area contributed by atoms with Gasteiger partial charge in [0.25, 0.3) is 11.8 Å². The third kappa shape index (κ3) is 5.28. The number of piperazine rings is 1. The van der Waals surface area contributed by atoms with Gasteiger partial charge in [-0.2, -0.15) is 5.26 Å². The van der Waals surface area contributed by atoms with Gasteiger partial charge in [0.05, 0.1) is 12.3 Å². The van der Waals surface area contributed by atoms with E-state index in [4.69, 9.17) is 4.42 Å². The molecule has 1 aromatic carbocycles. The van der Waals surface area contributed by atoms with Gasteiger partial charge < -0.3 is 19.5 Å². The van der Waals surface area contributed by atoms with E-state index in [1.165, 1.54) is 30.2 Å². The first-order chi connectivity index (χ1) is 16.1. The fourth-order valence-electron chi connectivity index (χ4n) is 4.56. The highest BCUT2D eigenvalue weighted by Gasteiger charge is 2.24. The molecule has 2 amide bonds. The molecule has 7 nitrogen and oxygen atoms in total. The number of nitrogens with zero attached hydrogens (tertiary/aromatic N) is 3. The molecular weight excluding hydrogens is 416 g/mol. The number of aryl methyl sites for hydroxylation is 2. The highest BCUT2D eigenvalue weighted by Crippen LogP contribution is 2.26. The van der Waals surface area contributed by atoms with E-state index < -0.39 is 0 Å². The summed E-state index contributed by atoms with van der Waals surface area (Å²) >= 11 is 0. The van der Waals surface area contributed by atoms with E-state index >= 15 is 0 Å². The fraction of sp³-hybridized carbons (Fsp3) is 0.423. The molecule has 2 aliphatic rings. The van der Waals surface area contributed by atoms with Crippen LogP contribution in [0, 0.1) is 11.3 Å². The summed E-state index contributed by atoms with van der Waals surface area (Å²) in [7, 11) is 0. The summed E-state index contributed by atoms with van der Waals surface area (Å²) in [4.78, 5) is 29.0. The van der Waals surface area contributed by atoms with Crippen molar-refractivity contribution in [3.8, 4) is 6.07 Å². The largest absolute Gasteiger partial charge is 0.459 e. The lowest BCUT2D eigenvalue weighted by atomic mass is 9.88. The van der Waals surface area contributed by atoms with Crippen molar-refractivity contribution >= 4 is 11.8 Å². The molecule has 1 fully saturated rings. The zero-order valence-electron chi connectivity index (χ0n) is 19.0. The van der Waals surface area contributed by atoms with Crippen molar-refractivity contribution in [1.29, 1.82) is 5.26 Å². The van der Waals surface area contributed by atoms with Crippen LogP contribution in [0.4, 0.5) is 0 Å². The topological polar surface area (TPSA) is 89.6 Å². The number of hydrogen-bond acceptors (Lipinski definition) is 5. The SMILES string of the molecule is CCC(NC(=O)/C(C#N)=C\N1CCN(C(=O)c2ccco2)CC1)c1ccc2c(c1)CCCC2. The molecule has 1 aromatic heterocycles. The average molecular weight is 447 g/mol. The number of carbonyl (C=O) groups is 2. The van der Waals surface area contributed by atoms with Crippen molar-refractivity contribution in [3.05, 3.63) is 70.8 Å². The standard InChI is InChI=1S/C26H30N4O3/c1-2-23(21-10-9-19-6-3-4-7-20(19)16-21)28-25(31)22(17-27)18-29-11-13-30(14-12-29)26(32)24-8-5-15-33-24/h5,8-10,15-16,18,23H,2-4,6-7,11-14H2,1H3,(H,28,31)/b22-18-. The summed E-state index contributed by atoms with van der Waals surface area (Å²) in [5.41, 5.74) is 3.96. The van der Waals surface area contributed by atoms with Crippen molar-refractivity contribution in [1.82, 2.24) is 15.1 Å². The van der Waals surface area contributed by atoms with Crippen LogP contribution in [0.3, 0.4) is 0 Å². The van der Waals surface area contributed by atoms with Crippen LogP contribution in [-0.4, -0.2) is 47.8 Å². The van der Waals surface area contributed by atoms with Crippen molar-refractivity contribution in [3.63, 3.8) is 0 Å². The number of furan rings is 1. The molecular formula is C26H30N4O3. The molecule has 2 heterocycles. The van der Waals surface area contributed by atoms with Crippen LogP contribution in [0.25, 0.3) is 0 Å². The van der Waals surface area contributed by atoms with E-state index in [2.05, 4.69) is 23.5 Å². The molecule has 4 rings (SSSR count). The van der Waals surface area contributed by atoms with E-state index in [-0.39, 0.29) is 23.4 Å². The van der Waals surface area contributed by atoms with Crippen LogP contribution in [0.2, 0.25) is 0 Å². The Morgan fingerprint density at radius 2 is 1.91 bits per heavy atom. The molecule has 0 spiro atoms. The van der Waals surface area contributed by atoms with Gasteiger partial charge in [0.1, 0.15) is 11.6 Å². The molecule has 1 aliphatic carbocycles. The highest BCUT2D eigenvalue weighted by atomic mass is 16.3. The normalized spacial score (nSPS) is 17.2. The Morgan fingerprint density at radius 1 is 1.15 bits per heavy atom. The molecule has 1 saturated heterocycles. The third-order valence-electron chi connectivity index (χ3n) is 6.50. The van der Waals surface area contributed by atoms with E-state index in [9.17, 15) is 14.9 Å². The lowest BCUT2D eigenvalue weighted by molar-refractivity contribution is -0.118. The molecule has 1 aliphatic heterocycles. The van der Waals surface area contributed by atoms with Crippen molar-refractivity contribution in [2.75, 3.05) is 26.2 Å². The van der Waals surface area contributed by atoms with Gasteiger partial charge in [-0.1, -0.05) is 25.1 Å². The van der Waals surface area contributed by atoms with E-state index in [1.807, 2.05) is 17.9 Å². The van der Waals surface area contributed by atoms with Crippen molar-refractivity contribution in [2.45, 2.75) is 45.1 Å². The van der Waals surface area contributed by atoms with Crippen molar-refractivity contribution in [2.24, 2.45) is 0 Å². The molecule has 0 radical (unpaired) electrons. The van der Waals surface area contributed by atoms with Crippen LogP contribution in [0.1, 0.15) is 59.5 Å². The van der Waals surface area contributed by atoms with E-state index in [1.54, 1.807) is 23.2 Å². The monoisotopic (exact) mass is 446 g/mol. The fourth-order valence-corrected chi connectivity index (χ4v) is 4.56. The Balaban J connectivity index is 1.37. The van der Waals surface area contributed by atoms with Crippen LogP contribution in [0.15, 0.2) is 52.8 Å². The maximum absolute atomic E-state index is 12.9. The number of fused-ring (bicyclic) bond motifs is 1. The van der Waals surface area contributed by atoms with Gasteiger partial charge in [-0.3, -0.25) is 9.59 Å². The Morgan fingerprint density at radius 3 is 2.58 bits per heavy atom. The summed E-state index contributed by atoms with van der Waals surface area (Å²) in [6.45, 7) is 4.14. The summed E-state index contributed by atoms with van der Waals surface area (Å²) in [5, 5.41) is 12.7. The quantitative estimate of drug-likeness (QED) is 0.541. The first kappa shape index (κ1) is 22.7. The second kappa shape index (κ2) is 10.4. The van der Waals surface area contributed by atoms with Crippen LogP contribution in [0.5, 0.6) is 0 Å². The predicted molar refractivity (Wildman–Crippen MR) is 124 cm³/mol. The molecule has 33 heavy (non-hydrogen) atoms. The maximum Gasteiger partial charge on any atom is 0.289 e. The first-order valence-electron chi connectivity index (χ1n) is 11.7. The lowest BCUT2D eigenvalue weighted by Crippen LogP contribution is -2.47. The summed E-state index contributed by atoms with van der Waals surface area (Å²) in [5.74, 6) is -0.183. The second-order valence-corrected chi connectivity index (χ2v) is 8.63. The Labute approximate surface area is 194 Å². The second-order valence-electron chi connectivity index (χ2n) is 8.63. The van der Waals surface area contributed by atoms with Crippen LogP contribution < -0.4 is 5.32 Å². The van der Waals surface area contributed by atoms with Crippen LogP contribution >= 0.6 is 0 Å². The van der Waals surface area contributed by atoms with E-state index in [0.29, 0.717) is 31.9 Å². The summed E-state index contributed by atoms with van der Waals surface area (Å²) in [6.07, 6.45) is 8.51. The van der Waals surface area contributed by atoms with Crippen LogP contribution in [-0.2, 0) is 17.6 Å². The van der Waals surface area contributed by atoms with Gasteiger partial charge in [0, 0.05) is 32.4 Å². The number of benzene rings is 1. The van der Waals surface area contributed by atoms with Gasteiger partial charge in [-0.25, -0.2) is 0 Å². The highest BCUT2D eigenvalue weighted by molar-refractivity contribution is 5.97. The zero-order chi connectivity index (χ0) is 23.2. The number of amides is 2. The molecule has 172 valence electrons. The maximum atomic E-state index is 12.9. The minimum Gasteiger partial charge on any atom is -0.459 e. The Bertz CT molecular complexity index is 1060. The molecule has 0 bridgehead atoms. The van der Waals surface area contributed by atoms with Gasteiger partial charge in [-0.05, 0) is 60.9 Å². The number of nitrogens with one attached hydrogen (secondary N) is 1. The van der Waals surface area contributed by atoms with Crippen molar-refractivity contribution < 1.29 is 14.0 Å². The smallest absolute Gasteiger partial charge is 0.289 e. The van der Waals surface area contributed by atoms with Gasteiger partial charge in [-0.15, -0.1) is 0 Å². The molecule has 1 N–H and O–H groups in total. The minimum absolute atomic E-state index is 0.0808. The molecule has 2 aromatic rings. The van der Waals surface area contributed by atoms with Gasteiger partial charge >= 0.3 is 0 Å². The Kier molecular flexibility index (Phi) is 7.13.